The SMILES string of the molecule is CCCCC(OCCl)C(=O)OC. The largest absolute Gasteiger partial charge is 0.467 e. The van der Waals surface area contributed by atoms with Gasteiger partial charge < -0.3 is 9.47 Å². The summed E-state index contributed by atoms with van der Waals surface area (Å²) in [4.78, 5) is 11.0. The van der Waals surface area contributed by atoms with E-state index >= 15 is 0 Å². The van der Waals surface area contributed by atoms with Crippen molar-refractivity contribution < 1.29 is 14.3 Å². The molecule has 0 aliphatic rings. The maximum atomic E-state index is 11.0. The Balaban J connectivity index is 3.76. The second-order valence-electron chi connectivity index (χ2n) is 2.43. The molecule has 0 saturated carbocycles. The molecule has 0 spiro atoms. The molecule has 0 saturated heterocycles. The van der Waals surface area contributed by atoms with E-state index in [1.165, 1.54) is 7.11 Å². The van der Waals surface area contributed by atoms with E-state index in [4.69, 9.17) is 16.3 Å². The topological polar surface area (TPSA) is 35.5 Å². The number of hydrogen-bond donors (Lipinski definition) is 0. The Kier molecular flexibility index (Phi) is 7.20. The highest BCUT2D eigenvalue weighted by molar-refractivity contribution is 6.17. The first-order chi connectivity index (χ1) is 5.76. The number of carbonyl (C=O) groups is 1. The lowest BCUT2D eigenvalue weighted by Gasteiger charge is -2.12. The maximum absolute atomic E-state index is 11.0. The van der Waals surface area contributed by atoms with Gasteiger partial charge in [-0.25, -0.2) is 4.79 Å². The summed E-state index contributed by atoms with van der Waals surface area (Å²) in [6, 6.07) is 0.0312. The minimum Gasteiger partial charge on any atom is -0.467 e. The third-order valence-electron chi connectivity index (χ3n) is 1.55. The van der Waals surface area contributed by atoms with Crippen molar-refractivity contribution in [3.8, 4) is 0 Å². The molecule has 0 heterocycles. The molecule has 0 aromatic carbocycles. The molecule has 0 rings (SSSR count). The number of rotatable bonds is 6. The van der Waals surface area contributed by atoms with Crippen LogP contribution < -0.4 is 0 Å². The zero-order chi connectivity index (χ0) is 9.40. The van der Waals surface area contributed by atoms with E-state index < -0.39 is 6.10 Å². The van der Waals surface area contributed by atoms with E-state index in [0.29, 0.717) is 6.42 Å². The molecule has 0 bridgehead atoms. The van der Waals surface area contributed by atoms with E-state index in [9.17, 15) is 4.79 Å². The van der Waals surface area contributed by atoms with Crippen LogP contribution in [0.3, 0.4) is 0 Å². The Bertz CT molecular complexity index is 127. The van der Waals surface area contributed by atoms with Crippen LogP contribution in [0, 0.1) is 0 Å². The fourth-order valence-corrected chi connectivity index (χ4v) is 1.02. The van der Waals surface area contributed by atoms with Crippen LogP contribution in [0.2, 0.25) is 0 Å². The average molecular weight is 195 g/mol. The van der Waals surface area contributed by atoms with E-state index in [2.05, 4.69) is 11.7 Å². The lowest BCUT2D eigenvalue weighted by molar-refractivity contribution is -0.153. The van der Waals surface area contributed by atoms with Crippen LogP contribution in [-0.2, 0) is 14.3 Å². The van der Waals surface area contributed by atoms with Gasteiger partial charge in [0.05, 0.1) is 7.11 Å². The summed E-state index contributed by atoms with van der Waals surface area (Å²) in [5.41, 5.74) is 0. The first-order valence-electron chi connectivity index (χ1n) is 4.01. The molecule has 12 heavy (non-hydrogen) atoms. The number of carbonyl (C=O) groups excluding carboxylic acids is 1. The summed E-state index contributed by atoms with van der Waals surface area (Å²) in [5, 5.41) is 0. The average Bonchev–Trinajstić information content (AvgIpc) is 2.11. The second-order valence-corrected chi connectivity index (χ2v) is 2.65. The molecule has 72 valence electrons. The molecule has 0 radical (unpaired) electrons. The lowest BCUT2D eigenvalue weighted by atomic mass is 10.2. The molecule has 0 amide bonds. The molecule has 0 fully saturated rings. The Hall–Kier alpha value is -0.280. The summed E-state index contributed by atoms with van der Waals surface area (Å²) >= 11 is 5.35. The molecule has 1 atom stereocenters. The van der Waals surface area contributed by atoms with E-state index in [-0.39, 0.29) is 12.0 Å². The molecule has 0 aliphatic heterocycles. The second kappa shape index (κ2) is 7.37. The minimum atomic E-state index is -0.493. The van der Waals surface area contributed by atoms with Crippen LogP contribution in [0.4, 0.5) is 0 Å². The summed E-state index contributed by atoms with van der Waals surface area (Å²) in [5.74, 6) is -0.343. The Labute approximate surface area is 78.0 Å². The summed E-state index contributed by atoms with van der Waals surface area (Å²) in [6.45, 7) is 2.05. The van der Waals surface area contributed by atoms with Crippen LogP contribution in [0.25, 0.3) is 0 Å². The molecular weight excluding hydrogens is 180 g/mol. The number of alkyl halides is 1. The molecule has 0 N–H and O–H groups in total. The standard InChI is InChI=1S/C8H15ClO3/c1-3-4-5-7(12-6-9)8(10)11-2/h7H,3-6H2,1-2H3. The van der Waals surface area contributed by atoms with Crippen molar-refractivity contribution in [2.24, 2.45) is 0 Å². The quantitative estimate of drug-likeness (QED) is 0.479. The van der Waals surface area contributed by atoms with Gasteiger partial charge in [-0.2, -0.15) is 0 Å². The van der Waals surface area contributed by atoms with Crippen molar-refractivity contribution in [3.63, 3.8) is 0 Å². The molecule has 0 aromatic heterocycles. The van der Waals surface area contributed by atoms with Crippen LogP contribution in [0.1, 0.15) is 26.2 Å². The summed E-state index contributed by atoms with van der Waals surface area (Å²) < 4.78 is 9.53. The van der Waals surface area contributed by atoms with Crippen LogP contribution in [0.5, 0.6) is 0 Å². The van der Waals surface area contributed by atoms with Gasteiger partial charge in [0.15, 0.2) is 6.10 Å². The predicted molar refractivity (Wildman–Crippen MR) is 47.1 cm³/mol. The molecular formula is C8H15ClO3. The van der Waals surface area contributed by atoms with Gasteiger partial charge in [-0.15, -0.1) is 0 Å². The third kappa shape index (κ3) is 4.57. The minimum absolute atomic E-state index is 0.0312. The highest BCUT2D eigenvalue weighted by atomic mass is 35.5. The van der Waals surface area contributed by atoms with Gasteiger partial charge in [0.2, 0.25) is 0 Å². The normalized spacial score (nSPS) is 12.6. The smallest absolute Gasteiger partial charge is 0.335 e. The highest BCUT2D eigenvalue weighted by Gasteiger charge is 2.18. The Morgan fingerprint density at radius 1 is 1.58 bits per heavy atom. The molecule has 1 unspecified atom stereocenters. The summed E-state index contributed by atoms with van der Waals surface area (Å²) in [7, 11) is 1.35. The van der Waals surface area contributed by atoms with Gasteiger partial charge in [0.1, 0.15) is 6.07 Å². The first kappa shape index (κ1) is 11.7. The molecule has 4 heteroatoms. The van der Waals surface area contributed by atoms with Crippen LogP contribution in [-0.4, -0.2) is 25.2 Å². The lowest BCUT2D eigenvalue weighted by Crippen LogP contribution is -2.25. The number of methoxy groups -OCH3 is 1. The van der Waals surface area contributed by atoms with E-state index in [1.54, 1.807) is 0 Å². The van der Waals surface area contributed by atoms with Crippen molar-refractivity contribution in [2.75, 3.05) is 13.2 Å². The maximum Gasteiger partial charge on any atom is 0.335 e. The first-order valence-corrected chi connectivity index (χ1v) is 4.55. The number of esters is 1. The molecule has 3 nitrogen and oxygen atoms in total. The van der Waals surface area contributed by atoms with E-state index in [0.717, 1.165) is 12.8 Å². The van der Waals surface area contributed by atoms with Gasteiger partial charge in [-0.3, -0.25) is 0 Å². The zero-order valence-electron chi connectivity index (χ0n) is 7.51. The van der Waals surface area contributed by atoms with Gasteiger partial charge in [-0.1, -0.05) is 31.4 Å². The van der Waals surface area contributed by atoms with Crippen molar-refractivity contribution >= 4 is 17.6 Å². The molecule has 0 aliphatic carbocycles. The fraction of sp³-hybridized carbons (Fsp3) is 0.875. The highest BCUT2D eigenvalue weighted by Crippen LogP contribution is 2.07. The number of hydrogen-bond acceptors (Lipinski definition) is 3. The zero-order valence-corrected chi connectivity index (χ0v) is 8.26. The fourth-order valence-electron chi connectivity index (χ4n) is 0.866. The predicted octanol–water partition coefficient (Wildman–Crippen LogP) is 1.93. The Morgan fingerprint density at radius 2 is 2.25 bits per heavy atom. The summed E-state index contributed by atoms with van der Waals surface area (Å²) in [6.07, 6.45) is 2.15. The van der Waals surface area contributed by atoms with Gasteiger partial charge in [0.25, 0.3) is 0 Å². The number of halogens is 1. The monoisotopic (exact) mass is 194 g/mol. The van der Waals surface area contributed by atoms with Crippen molar-refractivity contribution in [2.45, 2.75) is 32.3 Å². The number of unbranched alkanes of at least 4 members (excludes halogenated alkanes) is 1. The van der Waals surface area contributed by atoms with Gasteiger partial charge >= 0.3 is 5.97 Å². The van der Waals surface area contributed by atoms with Crippen LogP contribution in [0.15, 0.2) is 0 Å². The van der Waals surface area contributed by atoms with Crippen LogP contribution >= 0.6 is 11.6 Å². The number of ether oxygens (including phenoxy) is 2. The third-order valence-corrected chi connectivity index (χ3v) is 1.67. The van der Waals surface area contributed by atoms with E-state index in [1.807, 2.05) is 0 Å². The van der Waals surface area contributed by atoms with Crippen molar-refractivity contribution in [1.82, 2.24) is 0 Å². The Morgan fingerprint density at radius 3 is 2.67 bits per heavy atom. The van der Waals surface area contributed by atoms with Crippen molar-refractivity contribution in [3.05, 3.63) is 0 Å². The van der Waals surface area contributed by atoms with Gasteiger partial charge in [-0.05, 0) is 6.42 Å². The van der Waals surface area contributed by atoms with Crippen molar-refractivity contribution in [1.29, 1.82) is 0 Å². The van der Waals surface area contributed by atoms with Gasteiger partial charge in [0, 0.05) is 0 Å². The molecule has 0 aromatic rings.